The summed E-state index contributed by atoms with van der Waals surface area (Å²) in [6, 6.07) is -0.211. The zero-order valence-corrected chi connectivity index (χ0v) is 10.5. The fourth-order valence-corrected chi connectivity index (χ4v) is 2.02. The lowest BCUT2D eigenvalue weighted by atomic mass is 10.3. The summed E-state index contributed by atoms with van der Waals surface area (Å²) in [5, 5.41) is 16.1. The highest BCUT2D eigenvalue weighted by Gasteiger charge is 2.14. The summed E-state index contributed by atoms with van der Waals surface area (Å²) >= 11 is 1.31. The smallest absolute Gasteiger partial charge is 0.270 e. The van der Waals surface area contributed by atoms with Crippen molar-refractivity contribution in [1.82, 2.24) is 15.6 Å². The summed E-state index contributed by atoms with van der Waals surface area (Å²) in [5.41, 5.74) is 0.302. The molecular weight excluding hydrogens is 242 g/mol. The number of aromatic nitrogens is 1. The van der Waals surface area contributed by atoms with Gasteiger partial charge in [0.05, 0.1) is 12.6 Å². The zero-order valence-electron chi connectivity index (χ0n) is 9.69. The number of aliphatic hydroxyl groups excluding tert-OH is 1. The van der Waals surface area contributed by atoms with Crippen LogP contribution in [-0.4, -0.2) is 35.1 Å². The third kappa shape index (κ3) is 4.12. The Morgan fingerprint density at radius 1 is 1.59 bits per heavy atom. The summed E-state index contributed by atoms with van der Waals surface area (Å²) in [6.45, 7) is 3.33. The predicted octanol–water partition coefficient (Wildman–Crippen LogP) is 0.0623. The van der Waals surface area contributed by atoms with Crippen molar-refractivity contribution < 1.29 is 14.7 Å². The molecule has 2 amide bonds. The maximum absolute atomic E-state index is 11.5. The molecule has 0 saturated carbocycles. The lowest BCUT2D eigenvalue weighted by Crippen LogP contribution is -2.27. The number of hydrogen-bond acceptors (Lipinski definition) is 5. The highest BCUT2D eigenvalue weighted by molar-refractivity contribution is 7.09. The molecule has 0 saturated heterocycles. The maximum Gasteiger partial charge on any atom is 0.270 e. The Balaban J connectivity index is 2.64. The molecule has 0 aliphatic carbocycles. The fraction of sp³-hybridized carbons (Fsp3) is 0.500. The van der Waals surface area contributed by atoms with E-state index in [4.69, 9.17) is 5.11 Å². The van der Waals surface area contributed by atoms with Gasteiger partial charge >= 0.3 is 0 Å². The number of nitrogens with one attached hydrogen (secondary N) is 2. The van der Waals surface area contributed by atoms with Gasteiger partial charge in [-0.25, -0.2) is 4.98 Å². The first-order valence-corrected chi connectivity index (χ1v) is 6.04. The molecule has 1 unspecified atom stereocenters. The summed E-state index contributed by atoms with van der Waals surface area (Å²) in [7, 11) is 0. The Morgan fingerprint density at radius 2 is 2.29 bits per heavy atom. The molecule has 0 bridgehead atoms. The Morgan fingerprint density at radius 3 is 2.88 bits per heavy atom. The second-order valence-electron chi connectivity index (χ2n) is 3.47. The molecule has 1 heterocycles. The highest BCUT2D eigenvalue weighted by Crippen LogP contribution is 2.17. The van der Waals surface area contributed by atoms with E-state index >= 15 is 0 Å². The van der Waals surface area contributed by atoms with E-state index in [-0.39, 0.29) is 31.0 Å². The number of nitrogens with zero attached hydrogens (tertiary/aromatic N) is 1. The molecule has 0 aromatic carbocycles. The van der Waals surface area contributed by atoms with E-state index < -0.39 is 0 Å². The van der Waals surface area contributed by atoms with Crippen LogP contribution >= 0.6 is 11.3 Å². The third-order valence-corrected chi connectivity index (χ3v) is 2.97. The van der Waals surface area contributed by atoms with E-state index in [2.05, 4.69) is 15.6 Å². The number of aliphatic hydroxyl groups is 1. The first kappa shape index (κ1) is 13.6. The predicted molar refractivity (Wildman–Crippen MR) is 63.8 cm³/mol. The van der Waals surface area contributed by atoms with Gasteiger partial charge in [0, 0.05) is 18.8 Å². The molecule has 1 aromatic heterocycles. The molecule has 0 spiro atoms. The van der Waals surface area contributed by atoms with Crippen molar-refractivity contribution in [2.45, 2.75) is 19.9 Å². The average molecular weight is 257 g/mol. The van der Waals surface area contributed by atoms with Crippen LogP contribution in [0.5, 0.6) is 0 Å². The molecule has 0 radical (unpaired) electrons. The van der Waals surface area contributed by atoms with Crippen LogP contribution in [0.1, 0.15) is 35.4 Å². The molecular formula is C10H15N3O3S. The topological polar surface area (TPSA) is 91.3 Å². The van der Waals surface area contributed by atoms with E-state index in [1.54, 1.807) is 12.3 Å². The Bertz CT molecular complexity index is 405. The summed E-state index contributed by atoms with van der Waals surface area (Å²) in [5.74, 6) is -0.462. The van der Waals surface area contributed by atoms with Crippen LogP contribution in [0.4, 0.5) is 0 Å². The average Bonchev–Trinajstić information content (AvgIpc) is 2.74. The Hall–Kier alpha value is -1.47. The minimum atomic E-state index is -0.323. The van der Waals surface area contributed by atoms with Crippen molar-refractivity contribution in [2.75, 3.05) is 13.2 Å². The van der Waals surface area contributed by atoms with Crippen LogP contribution in [0, 0.1) is 0 Å². The number of hydrogen-bond donors (Lipinski definition) is 3. The second-order valence-corrected chi connectivity index (χ2v) is 4.36. The van der Waals surface area contributed by atoms with Crippen molar-refractivity contribution in [2.24, 2.45) is 0 Å². The minimum Gasteiger partial charge on any atom is -0.395 e. The van der Waals surface area contributed by atoms with Gasteiger partial charge in [0.2, 0.25) is 5.91 Å². The molecule has 0 fully saturated rings. The molecule has 6 nitrogen and oxygen atoms in total. The SMILES string of the molecule is CC(=O)NC(C)c1nc(C(=O)NCCO)cs1. The van der Waals surface area contributed by atoms with Crippen LogP contribution in [0.15, 0.2) is 5.38 Å². The van der Waals surface area contributed by atoms with E-state index in [9.17, 15) is 9.59 Å². The third-order valence-electron chi connectivity index (χ3n) is 1.94. The summed E-state index contributed by atoms with van der Waals surface area (Å²) < 4.78 is 0. The first-order valence-electron chi connectivity index (χ1n) is 5.16. The fourth-order valence-electron chi connectivity index (χ4n) is 1.22. The van der Waals surface area contributed by atoms with E-state index in [0.717, 1.165) is 0 Å². The van der Waals surface area contributed by atoms with Crippen molar-refractivity contribution in [3.05, 3.63) is 16.1 Å². The van der Waals surface area contributed by atoms with Crippen LogP contribution in [0.2, 0.25) is 0 Å². The molecule has 0 aliphatic rings. The lowest BCUT2D eigenvalue weighted by Gasteiger charge is -2.08. The van der Waals surface area contributed by atoms with Gasteiger partial charge in [-0.1, -0.05) is 0 Å². The van der Waals surface area contributed by atoms with E-state index in [1.165, 1.54) is 18.3 Å². The van der Waals surface area contributed by atoms with Crippen molar-refractivity contribution >= 4 is 23.2 Å². The highest BCUT2D eigenvalue weighted by atomic mass is 32.1. The maximum atomic E-state index is 11.5. The Labute approximate surface area is 103 Å². The number of carbonyl (C=O) groups excluding carboxylic acids is 2. The summed E-state index contributed by atoms with van der Waals surface area (Å²) in [6.07, 6.45) is 0. The van der Waals surface area contributed by atoms with Gasteiger partial charge in [0.15, 0.2) is 0 Å². The second kappa shape index (κ2) is 6.31. The molecule has 17 heavy (non-hydrogen) atoms. The van der Waals surface area contributed by atoms with Crippen LogP contribution < -0.4 is 10.6 Å². The molecule has 1 rings (SSSR count). The first-order chi connectivity index (χ1) is 8.04. The van der Waals surface area contributed by atoms with E-state index in [0.29, 0.717) is 10.7 Å². The van der Waals surface area contributed by atoms with Crippen LogP contribution in [-0.2, 0) is 4.79 Å². The molecule has 3 N–H and O–H groups in total. The molecule has 1 atom stereocenters. The Kier molecular flexibility index (Phi) is 5.05. The number of amides is 2. The van der Waals surface area contributed by atoms with Gasteiger partial charge in [0.1, 0.15) is 10.7 Å². The summed E-state index contributed by atoms with van der Waals surface area (Å²) in [4.78, 5) is 26.5. The molecule has 1 aromatic rings. The molecule has 0 aliphatic heterocycles. The number of thiazole rings is 1. The van der Waals surface area contributed by atoms with Gasteiger partial charge in [-0.15, -0.1) is 11.3 Å². The van der Waals surface area contributed by atoms with Gasteiger partial charge in [-0.2, -0.15) is 0 Å². The van der Waals surface area contributed by atoms with Crippen LogP contribution in [0.3, 0.4) is 0 Å². The normalized spacial score (nSPS) is 11.9. The number of rotatable bonds is 5. The van der Waals surface area contributed by atoms with Gasteiger partial charge < -0.3 is 15.7 Å². The van der Waals surface area contributed by atoms with Gasteiger partial charge in [-0.3, -0.25) is 9.59 Å². The van der Waals surface area contributed by atoms with Crippen molar-refractivity contribution in [3.63, 3.8) is 0 Å². The van der Waals surface area contributed by atoms with Crippen molar-refractivity contribution in [1.29, 1.82) is 0 Å². The molecule has 7 heteroatoms. The van der Waals surface area contributed by atoms with Crippen LogP contribution in [0.25, 0.3) is 0 Å². The standard InChI is InChI=1S/C10H15N3O3S/c1-6(12-7(2)15)10-13-8(5-17-10)9(16)11-3-4-14/h5-6,14H,3-4H2,1-2H3,(H,11,16)(H,12,15). The zero-order chi connectivity index (χ0) is 12.8. The lowest BCUT2D eigenvalue weighted by molar-refractivity contribution is -0.119. The van der Waals surface area contributed by atoms with Crippen molar-refractivity contribution in [3.8, 4) is 0 Å². The van der Waals surface area contributed by atoms with E-state index in [1.807, 2.05) is 0 Å². The van der Waals surface area contributed by atoms with Gasteiger partial charge in [-0.05, 0) is 6.92 Å². The minimum absolute atomic E-state index is 0.106. The van der Waals surface area contributed by atoms with Gasteiger partial charge in [0.25, 0.3) is 5.91 Å². The quantitative estimate of drug-likeness (QED) is 0.695. The largest absolute Gasteiger partial charge is 0.395 e. The molecule has 94 valence electrons. The number of carbonyl (C=O) groups is 2. The monoisotopic (exact) mass is 257 g/mol.